The van der Waals surface area contributed by atoms with Crippen LogP contribution in [0.5, 0.6) is 0 Å². The van der Waals surface area contributed by atoms with Gasteiger partial charge in [0.25, 0.3) is 0 Å². The average Bonchev–Trinajstić information content (AvgIpc) is 2.58. The van der Waals surface area contributed by atoms with E-state index >= 15 is 0 Å². The van der Waals surface area contributed by atoms with E-state index < -0.39 is 10.0 Å². The van der Waals surface area contributed by atoms with Crippen LogP contribution < -0.4 is 10.5 Å². The lowest BCUT2D eigenvalue weighted by atomic mass is 10.0. The first-order valence-corrected chi connectivity index (χ1v) is 9.23. The molecule has 2 unspecified atom stereocenters. The van der Waals surface area contributed by atoms with E-state index in [-0.39, 0.29) is 16.6 Å². The van der Waals surface area contributed by atoms with Crippen molar-refractivity contribution in [1.82, 2.24) is 4.72 Å². The standard InChI is InChI=1S/C15H23ClN2O2S/c1-10-4-3-5-12(7-6-10)18-21(19,20)15-9-14(17)13(16)8-11(15)2/h8-10,12,18H,3-7,17H2,1-2H3. The molecule has 0 aromatic heterocycles. The highest BCUT2D eigenvalue weighted by molar-refractivity contribution is 7.89. The monoisotopic (exact) mass is 330 g/mol. The molecular formula is C15H23ClN2O2S. The van der Waals surface area contributed by atoms with Gasteiger partial charge >= 0.3 is 0 Å². The van der Waals surface area contributed by atoms with Gasteiger partial charge in [0.15, 0.2) is 0 Å². The van der Waals surface area contributed by atoms with Gasteiger partial charge < -0.3 is 5.73 Å². The minimum absolute atomic E-state index is 0.0104. The molecule has 1 fully saturated rings. The van der Waals surface area contributed by atoms with Crippen LogP contribution in [0.3, 0.4) is 0 Å². The van der Waals surface area contributed by atoms with Crippen LogP contribution in [0.1, 0.15) is 44.6 Å². The molecule has 2 atom stereocenters. The minimum atomic E-state index is -3.55. The van der Waals surface area contributed by atoms with Crippen LogP contribution in [-0.4, -0.2) is 14.5 Å². The second-order valence-corrected chi connectivity index (χ2v) is 8.16. The van der Waals surface area contributed by atoms with Gasteiger partial charge in [0.1, 0.15) is 0 Å². The molecule has 2 rings (SSSR count). The van der Waals surface area contributed by atoms with Gasteiger partial charge in [-0.1, -0.05) is 31.4 Å². The summed E-state index contributed by atoms with van der Waals surface area (Å²) >= 11 is 5.93. The van der Waals surface area contributed by atoms with Crippen molar-refractivity contribution >= 4 is 27.3 Å². The van der Waals surface area contributed by atoms with Crippen LogP contribution >= 0.6 is 11.6 Å². The molecular weight excluding hydrogens is 308 g/mol. The molecule has 0 aliphatic heterocycles. The molecule has 0 heterocycles. The second-order valence-electron chi connectivity index (χ2n) is 6.07. The highest BCUT2D eigenvalue weighted by Crippen LogP contribution is 2.28. The zero-order valence-electron chi connectivity index (χ0n) is 12.5. The fraction of sp³-hybridized carbons (Fsp3) is 0.600. The summed E-state index contributed by atoms with van der Waals surface area (Å²) in [5.74, 6) is 0.674. The number of anilines is 1. The van der Waals surface area contributed by atoms with E-state index in [1.165, 1.54) is 12.5 Å². The van der Waals surface area contributed by atoms with Crippen molar-refractivity contribution in [3.8, 4) is 0 Å². The normalized spacial score (nSPS) is 23.8. The summed E-state index contributed by atoms with van der Waals surface area (Å²) in [7, 11) is -3.55. The first-order valence-electron chi connectivity index (χ1n) is 7.37. The maximum atomic E-state index is 12.6. The Kier molecular flexibility index (Phi) is 5.17. The molecule has 3 N–H and O–H groups in total. The van der Waals surface area contributed by atoms with Crippen LogP contribution in [-0.2, 0) is 10.0 Å². The highest BCUT2D eigenvalue weighted by Gasteiger charge is 2.24. The van der Waals surface area contributed by atoms with Gasteiger partial charge in [-0.15, -0.1) is 0 Å². The van der Waals surface area contributed by atoms with Crippen LogP contribution in [0.15, 0.2) is 17.0 Å². The maximum Gasteiger partial charge on any atom is 0.241 e. The Labute approximate surface area is 132 Å². The highest BCUT2D eigenvalue weighted by atomic mass is 35.5. The predicted molar refractivity (Wildman–Crippen MR) is 87.0 cm³/mol. The van der Waals surface area contributed by atoms with E-state index in [0.29, 0.717) is 16.5 Å². The lowest BCUT2D eigenvalue weighted by Gasteiger charge is -2.18. The van der Waals surface area contributed by atoms with Crippen molar-refractivity contribution in [2.45, 2.75) is 56.9 Å². The van der Waals surface area contributed by atoms with Gasteiger partial charge in [-0.05, 0) is 49.8 Å². The maximum absolute atomic E-state index is 12.6. The zero-order chi connectivity index (χ0) is 15.6. The third-order valence-corrected chi connectivity index (χ3v) is 6.15. The molecule has 118 valence electrons. The second kappa shape index (κ2) is 6.55. The molecule has 4 nitrogen and oxygen atoms in total. The smallest absolute Gasteiger partial charge is 0.241 e. The van der Waals surface area contributed by atoms with E-state index in [1.54, 1.807) is 13.0 Å². The Morgan fingerprint density at radius 1 is 1.24 bits per heavy atom. The fourth-order valence-electron chi connectivity index (χ4n) is 2.85. The van der Waals surface area contributed by atoms with Crippen molar-refractivity contribution in [2.24, 2.45) is 5.92 Å². The number of rotatable bonds is 3. The number of nitrogen functional groups attached to an aromatic ring is 1. The number of nitrogens with one attached hydrogen (secondary N) is 1. The third kappa shape index (κ3) is 4.11. The predicted octanol–water partition coefficient (Wildman–Crippen LogP) is 3.48. The molecule has 1 aromatic rings. The summed E-state index contributed by atoms with van der Waals surface area (Å²) in [5.41, 5.74) is 6.64. The Balaban J connectivity index is 2.20. The number of benzene rings is 1. The van der Waals surface area contributed by atoms with Gasteiger partial charge in [0.05, 0.1) is 15.6 Å². The summed E-state index contributed by atoms with van der Waals surface area (Å²) in [6.45, 7) is 3.95. The SMILES string of the molecule is Cc1cc(Cl)c(N)cc1S(=O)(=O)NC1CCCC(C)CC1. The number of sulfonamides is 1. The molecule has 0 saturated heterocycles. The van der Waals surface area contributed by atoms with Gasteiger partial charge in [-0.3, -0.25) is 0 Å². The molecule has 6 heteroatoms. The number of nitrogens with two attached hydrogens (primary N) is 1. The summed E-state index contributed by atoms with van der Waals surface area (Å²) in [6, 6.07) is 3.05. The molecule has 1 aliphatic carbocycles. The molecule has 0 amide bonds. The van der Waals surface area contributed by atoms with E-state index in [1.807, 2.05) is 0 Å². The van der Waals surface area contributed by atoms with Gasteiger partial charge in [0.2, 0.25) is 10.0 Å². The molecule has 21 heavy (non-hydrogen) atoms. The number of aryl methyl sites for hydroxylation is 1. The Hall–Kier alpha value is -0.780. The van der Waals surface area contributed by atoms with Crippen molar-refractivity contribution in [3.05, 3.63) is 22.7 Å². The number of hydrogen-bond donors (Lipinski definition) is 2. The van der Waals surface area contributed by atoms with E-state index in [9.17, 15) is 8.42 Å². The molecule has 0 radical (unpaired) electrons. The van der Waals surface area contributed by atoms with Crippen molar-refractivity contribution in [3.63, 3.8) is 0 Å². The molecule has 0 spiro atoms. The first kappa shape index (κ1) is 16.6. The van der Waals surface area contributed by atoms with Gasteiger partial charge in [-0.25, -0.2) is 13.1 Å². The van der Waals surface area contributed by atoms with Crippen LogP contribution in [0.4, 0.5) is 5.69 Å². The summed E-state index contributed by atoms with van der Waals surface area (Å²) < 4.78 is 28.0. The fourth-order valence-corrected chi connectivity index (χ4v) is 4.63. The molecule has 1 saturated carbocycles. The first-order chi connectivity index (χ1) is 9.79. The Morgan fingerprint density at radius 3 is 2.67 bits per heavy atom. The quantitative estimate of drug-likeness (QED) is 0.658. The van der Waals surface area contributed by atoms with E-state index in [4.69, 9.17) is 17.3 Å². The Morgan fingerprint density at radius 2 is 1.95 bits per heavy atom. The van der Waals surface area contributed by atoms with Gasteiger partial charge in [0, 0.05) is 6.04 Å². The minimum Gasteiger partial charge on any atom is -0.397 e. The van der Waals surface area contributed by atoms with Crippen molar-refractivity contribution in [2.75, 3.05) is 5.73 Å². The van der Waals surface area contributed by atoms with Crippen molar-refractivity contribution < 1.29 is 8.42 Å². The number of halogens is 1. The summed E-state index contributed by atoms with van der Waals surface area (Å²) in [4.78, 5) is 0.224. The van der Waals surface area contributed by atoms with Crippen LogP contribution in [0.2, 0.25) is 5.02 Å². The topological polar surface area (TPSA) is 72.2 Å². The number of hydrogen-bond acceptors (Lipinski definition) is 3. The summed E-state index contributed by atoms with van der Waals surface area (Å²) in [5, 5.41) is 0.384. The van der Waals surface area contributed by atoms with Gasteiger partial charge in [-0.2, -0.15) is 0 Å². The molecule has 1 aromatic carbocycles. The van der Waals surface area contributed by atoms with Crippen molar-refractivity contribution in [1.29, 1.82) is 0 Å². The average molecular weight is 331 g/mol. The van der Waals surface area contributed by atoms with E-state index in [2.05, 4.69) is 11.6 Å². The zero-order valence-corrected chi connectivity index (χ0v) is 14.1. The summed E-state index contributed by atoms with van der Waals surface area (Å²) in [6.07, 6.45) is 5.09. The van der Waals surface area contributed by atoms with E-state index in [0.717, 1.165) is 25.7 Å². The third-order valence-electron chi connectivity index (χ3n) is 4.16. The molecule has 1 aliphatic rings. The molecule has 0 bridgehead atoms. The lowest BCUT2D eigenvalue weighted by Crippen LogP contribution is -2.34. The lowest BCUT2D eigenvalue weighted by molar-refractivity contribution is 0.484. The van der Waals surface area contributed by atoms with Crippen LogP contribution in [0, 0.1) is 12.8 Å². The Bertz CT molecular complexity index is 616. The van der Waals surface area contributed by atoms with Crippen LogP contribution in [0.25, 0.3) is 0 Å². The largest absolute Gasteiger partial charge is 0.397 e.